The molecule has 1 aromatic carbocycles. The maximum Gasteiger partial charge on any atom is 0.211 e. The monoisotopic (exact) mass is 649 g/mol. The molecule has 2 atom stereocenters. The molecule has 4 aliphatic rings. The molecular weight excluding hydrogens is 607 g/mol. The fourth-order valence-corrected chi connectivity index (χ4v) is 10.7. The van der Waals surface area contributed by atoms with Crippen LogP contribution in [0, 0.1) is 11.8 Å². The van der Waals surface area contributed by atoms with Gasteiger partial charge in [-0.1, -0.05) is 37.8 Å². The number of sulfonamides is 1. The summed E-state index contributed by atoms with van der Waals surface area (Å²) in [6, 6.07) is 8.81. The van der Waals surface area contributed by atoms with Crippen molar-refractivity contribution in [2.45, 2.75) is 63.5 Å². The van der Waals surface area contributed by atoms with Crippen molar-refractivity contribution in [2.24, 2.45) is 11.8 Å². The first kappa shape index (κ1) is 29.7. The fraction of sp³-hybridized carbons (Fsp3) is 0.606. The minimum atomic E-state index is -3.25. The molecule has 45 heavy (non-hydrogen) atoms. The summed E-state index contributed by atoms with van der Waals surface area (Å²) < 4.78 is 34.5. The Balaban J connectivity index is 1.23. The Hall–Kier alpha value is -2.64. The van der Waals surface area contributed by atoms with Gasteiger partial charge in [-0.15, -0.1) is 11.3 Å². The predicted molar refractivity (Wildman–Crippen MR) is 179 cm³/mol. The van der Waals surface area contributed by atoms with Crippen LogP contribution in [0.25, 0.3) is 32.5 Å². The molecule has 2 aliphatic carbocycles. The van der Waals surface area contributed by atoms with Crippen LogP contribution < -0.4 is 4.90 Å². The second-order valence-electron chi connectivity index (χ2n) is 13.4. The topological polar surface area (TPSA) is 108 Å². The number of morpholine rings is 1. The second kappa shape index (κ2) is 12.2. The molecule has 240 valence electrons. The molecule has 12 heteroatoms. The predicted octanol–water partition coefficient (Wildman–Crippen LogP) is 5.44. The molecule has 2 unspecified atom stereocenters. The third-order valence-corrected chi connectivity index (χ3v) is 13.2. The van der Waals surface area contributed by atoms with Crippen molar-refractivity contribution in [3.8, 4) is 11.4 Å². The lowest BCUT2D eigenvalue weighted by atomic mass is 9.78. The number of hydrogen-bond donors (Lipinski definition) is 1. The van der Waals surface area contributed by atoms with Crippen LogP contribution in [0.1, 0.15) is 62.3 Å². The van der Waals surface area contributed by atoms with Gasteiger partial charge in [0.25, 0.3) is 0 Å². The van der Waals surface area contributed by atoms with Crippen molar-refractivity contribution in [1.82, 2.24) is 29.4 Å². The SMILES string of the molecule is CS(=O)(=O)N1CCN(C(c2cc3nc(-c4cccc5[nH]ncc45)nc(N4CCOCC4)c3s2)C2CCCCC2)CC1C1CCC1. The lowest BCUT2D eigenvalue weighted by Gasteiger charge is -2.49. The number of aromatic nitrogens is 4. The summed E-state index contributed by atoms with van der Waals surface area (Å²) in [6.07, 6.45) is 13.0. The van der Waals surface area contributed by atoms with Crippen LogP contribution in [-0.2, 0) is 14.8 Å². The van der Waals surface area contributed by atoms with E-state index in [1.807, 2.05) is 34.0 Å². The number of thiophene rings is 1. The lowest BCUT2D eigenvalue weighted by Crippen LogP contribution is -2.59. The van der Waals surface area contributed by atoms with Crippen molar-refractivity contribution in [2.75, 3.05) is 57.1 Å². The van der Waals surface area contributed by atoms with Gasteiger partial charge in [-0.05, 0) is 49.7 Å². The van der Waals surface area contributed by atoms with E-state index in [1.165, 1.54) is 49.7 Å². The number of nitrogens with one attached hydrogen (secondary N) is 1. The summed E-state index contributed by atoms with van der Waals surface area (Å²) in [5.74, 6) is 2.73. The molecule has 3 aromatic heterocycles. The number of piperazine rings is 1. The van der Waals surface area contributed by atoms with Gasteiger partial charge in [-0.3, -0.25) is 10.00 Å². The zero-order chi connectivity index (χ0) is 30.5. The normalized spacial score (nSPS) is 23.9. The molecule has 0 bridgehead atoms. The van der Waals surface area contributed by atoms with Crippen LogP contribution in [0.2, 0.25) is 0 Å². The Morgan fingerprint density at radius 1 is 1.00 bits per heavy atom. The van der Waals surface area contributed by atoms with Gasteiger partial charge in [0.15, 0.2) is 11.6 Å². The van der Waals surface area contributed by atoms with Crippen LogP contribution in [0.3, 0.4) is 0 Å². The lowest BCUT2D eigenvalue weighted by molar-refractivity contribution is 0.0224. The number of benzene rings is 1. The van der Waals surface area contributed by atoms with E-state index in [-0.39, 0.29) is 12.1 Å². The third kappa shape index (κ3) is 5.66. The van der Waals surface area contributed by atoms with Crippen LogP contribution >= 0.6 is 11.3 Å². The van der Waals surface area contributed by atoms with Crippen molar-refractivity contribution in [1.29, 1.82) is 0 Å². The molecular formula is C33H43N7O3S2. The van der Waals surface area contributed by atoms with Gasteiger partial charge in [0.05, 0.1) is 41.4 Å². The molecule has 4 aromatic rings. The molecule has 2 aliphatic heterocycles. The summed E-state index contributed by atoms with van der Waals surface area (Å²) in [5, 5.41) is 8.40. The third-order valence-electron chi connectivity index (χ3n) is 10.7. The number of fused-ring (bicyclic) bond motifs is 2. The van der Waals surface area contributed by atoms with E-state index in [2.05, 4.69) is 32.1 Å². The largest absolute Gasteiger partial charge is 0.378 e. The first-order valence-electron chi connectivity index (χ1n) is 16.7. The Morgan fingerprint density at radius 3 is 2.58 bits per heavy atom. The molecule has 0 spiro atoms. The number of aromatic amines is 1. The first-order chi connectivity index (χ1) is 21.9. The molecule has 1 N–H and O–H groups in total. The van der Waals surface area contributed by atoms with E-state index in [9.17, 15) is 8.42 Å². The van der Waals surface area contributed by atoms with E-state index in [4.69, 9.17) is 14.7 Å². The van der Waals surface area contributed by atoms with Gasteiger partial charge in [0.1, 0.15) is 0 Å². The second-order valence-corrected chi connectivity index (χ2v) is 16.5. The highest BCUT2D eigenvalue weighted by molar-refractivity contribution is 7.88. The number of nitrogens with zero attached hydrogens (tertiary/aromatic N) is 6. The molecule has 10 nitrogen and oxygen atoms in total. The van der Waals surface area contributed by atoms with Crippen molar-refractivity contribution in [3.05, 3.63) is 35.3 Å². The van der Waals surface area contributed by atoms with Gasteiger partial charge in [0.2, 0.25) is 10.0 Å². The molecule has 2 saturated carbocycles. The number of anilines is 1. The Kier molecular flexibility index (Phi) is 8.05. The zero-order valence-corrected chi connectivity index (χ0v) is 27.7. The highest BCUT2D eigenvalue weighted by Crippen LogP contribution is 2.46. The average Bonchev–Trinajstić information content (AvgIpc) is 3.68. The van der Waals surface area contributed by atoms with Gasteiger partial charge in [-0.25, -0.2) is 18.4 Å². The number of ether oxygens (including phenoxy) is 1. The van der Waals surface area contributed by atoms with Gasteiger partial charge < -0.3 is 9.64 Å². The number of H-pyrrole nitrogens is 1. The maximum atomic E-state index is 12.9. The van der Waals surface area contributed by atoms with E-state index in [1.54, 1.807) is 0 Å². The van der Waals surface area contributed by atoms with E-state index in [0.717, 1.165) is 77.3 Å². The summed E-state index contributed by atoms with van der Waals surface area (Å²) in [7, 11) is -3.25. The van der Waals surface area contributed by atoms with Gasteiger partial charge in [0, 0.05) is 60.6 Å². The van der Waals surface area contributed by atoms with E-state index >= 15 is 0 Å². The fourth-order valence-electron chi connectivity index (χ4n) is 8.20. The summed E-state index contributed by atoms with van der Waals surface area (Å²) in [5.41, 5.74) is 2.95. The molecule has 0 radical (unpaired) electrons. The minimum Gasteiger partial charge on any atom is -0.378 e. The molecule has 5 heterocycles. The minimum absolute atomic E-state index is 0.0636. The molecule has 2 saturated heterocycles. The number of hydrogen-bond acceptors (Lipinski definition) is 9. The highest BCUT2D eigenvalue weighted by Gasteiger charge is 2.43. The summed E-state index contributed by atoms with van der Waals surface area (Å²) >= 11 is 1.86. The molecule has 8 rings (SSSR count). The smallest absolute Gasteiger partial charge is 0.211 e. The van der Waals surface area contributed by atoms with E-state index in [0.29, 0.717) is 31.6 Å². The van der Waals surface area contributed by atoms with Crippen molar-refractivity contribution >= 4 is 48.3 Å². The van der Waals surface area contributed by atoms with Crippen LogP contribution in [-0.4, -0.2) is 96.0 Å². The van der Waals surface area contributed by atoms with Crippen LogP contribution in [0.4, 0.5) is 5.82 Å². The maximum absolute atomic E-state index is 12.9. The van der Waals surface area contributed by atoms with Crippen molar-refractivity contribution < 1.29 is 13.2 Å². The van der Waals surface area contributed by atoms with Crippen LogP contribution in [0.15, 0.2) is 30.5 Å². The quantitative estimate of drug-likeness (QED) is 0.282. The Labute approximate surface area is 269 Å². The van der Waals surface area contributed by atoms with Gasteiger partial charge >= 0.3 is 0 Å². The highest BCUT2D eigenvalue weighted by atomic mass is 32.2. The Morgan fingerprint density at radius 2 is 1.82 bits per heavy atom. The Bertz CT molecular complexity index is 1770. The zero-order valence-electron chi connectivity index (χ0n) is 26.0. The average molecular weight is 650 g/mol. The summed E-state index contributed by atoms with van der Waals surface area (Å²) in [4.78, 5) is 16.8. The first-order valence-corrected chi connectivity index (χ1v) is 19.4. The van der Waals surface area contributed by atoms with E-state index < -0.39 is 10.0 Å². The standard InChI is InChI=1S/C33H43N7O3S2/c1-45(41,42)40-14-13-39(21-28(40)22-9-5-10-22)30(23-7-3-2-4-8-23)29-19-27-31(44-29)33(38-15-17-43-18-16-38)36-32(35-27)24-11-6-12-26-25(24)20-34-37-26/h6,11-12,19-20,22-23,28,30H,2-5,7-10,13-18,21H2,1H3,(H,34,37). The van der Waals surface area contributed by atoms with Crippen LogP contribution in [0.5, 0.6) is 0 Å². The summed E-state index contributed by atoms with van der Waals surface area (Å²) in [6.45, 7) is 5.13. The number of rotatable bonds is 7. The molecule has 4 fully saturated rings. The van der Waals surface area contributed by atoms with Crippen molar-refractivity contribution in [3.63, 3.8) is 0 Å². The molecule has 0 amide bonds. The van der Waals surface area contributed by atoms with Gasteiger partial charge in [-0.2, -0.15) is 9.40 Å².